The summed E-state index contributed by atoms with van der Waals surface area (Å²) in [6.07, 6.45) is 1.03. The first-order chi connectivity index (χ1) is 11.6. The van der Waals surface area contributed by atoms with Crippen molar-refractivity contribution >= 4 is 35.1 Å². The molecule has 0 saturated heterocycles. The molecule has 2 rings (SSSR count). The molecule has 7 heteroatoms. The lowest BCUT2D eigenvalue weighted by Crippen LogP contribution is -2.37. The van der Waals surface area contributed by atoms with Gasteiger partial charge in [0.2, 0.25) is 0 Å². The first kappa shape index (κ1) is 19.3. The van der Waals surface area contributed by atoms with Crippen molar-refractivity contribution in [1.82, 2.24) is 5.32 Å². The van der Waals surface area contributed by atoms with Crippen LogP contribution in [-0.4, -0.2) is 23.5 Å². The van der Waals surface area contributed by atoms with Crippen LogP contribution in [0.1, 0.15) is 41.1 Å². The maximum atomic E-state index is 12.5. The van der Waals surface area contributed by atoms with Gasteiger partial charge < -0.3 is 14.8 Å². The van der Waals surface area contributed by atoms with E-state index in [-0.39, 0.29) is 24.3 Å². The van der Waals surface area contributed by atoms with Crippen molar-refractivity contribution in [3.05, 3.63) is 57.0 Å². The fraction of sp³-hybridized carbons (Fsp3) is 0.333. The Morgan fingerprint density at radius 3 is 2.40 bits per heavy atom. The summed E-state index contributed by atoms with van der Waals surface area (Å²) in [5.74, 6) is -1.32. The summed E-state index contributed by atoms with van der Waals surface area (Å²) in [6, 6.07) is 5.25. The van der Waals surface area contributed by atoms with E-state index in [2.05, 4.69) is 5.32 Å². The molecule has 0 atom stereocenters. The standard InChI is InChI=1S/C18H19Cl2NO4/c1-10-8-25-13(7-14(22)23)15(10)17(24)21-9-18(2,3)16-11(19)5-4-6-12(16)20/h4-6,8H,7,9H2,1-3H3,(H,21,24)(H,22,23). The normalized spacial score (nSPS) is 11.4. The molecule has 5 nitrogen and oxygen atoms in total. The van der Waals surface area contributed by atoms with Crippen molar-refractivity contribution in [3.8, 4) is 0 Å². The van der Waals surface area contributed by atoms with Crippen LogP contribution in [0.2, 0.25) is 10.0 Å². The molecule has 1 heterocycles. The van der Waals surface area contributed by atoms with Crippen molar-refractivity contribution in [2.24, 2.45) is 0 Å². The highest BCUT2D eigenvalue weighted by Gasteiger charge is 2.28. The van der Waals surface area contributed by atoms with E-state index >= 15 is 0 Å². The number of nitrogens with one attached hydrogen (secondary N) is 1. The van der Waals surface area contributed by atoms with Gasteiger partial charge in [-0.3, -0.25) is 9.59 Å². The summed E-state index contributed by atoms with van der Waals surface area (Å²) in [5.41, 5.74) is 1.06. The van der Waals surface area contributed by atoms with E-state index in [1.807, 2.05) is 13.8 Å². The van der Waals surface area contributed by atoms with Gasteiger partial charge in [0.15, 0.2) is 0 Å². The fourth-order valence-corrected chi connectivity index (χ4v) is 3.60. The Bertz CT molecular complexity index is 791. The Balaban J connectivity index is 2.20. The Hall–Kier alpha value is -1.98. The Morgan fingerprint density at radius 2 is 1.84 bits per heavy atom. The zero-order valence-electron chi connectivity index (χ0n) is 14.2. The zero-order valence-corrected chi connectivity index (χ0v) is 15.7. The number of halogens is 2. The summed E-state index contributed by atoms with van der Waals surface area (Å²) in [5, 5.41) is 12.8. The SMILES string of the molecule is Cc1coc(CC(=O)O)c1C(=O)NCC(C)(C)c1c(Cl)cccc1Cl. The van der Waals surface area contributed by atoms with Gasteiger partial charge in [-0.05, 0) is 24.6 Å². The molecule has 1 aromatic carbocycles. The van der Waals surface area contributed by atoms with E-state index < -0.39 is 17.3 Å². The lowest BCUT2D eigenvalue weighted by molar-refractivity contribution is -0.136. The van der Waals surface area contributed by atoms with Gasteiger partial charge in [0.25, 0.3) is 5.91 Å². The molecule has 0 bridgehead atoms. The minimum absolute atomic E-state index is 0.135. The van der Waals surface area contributed by atoms with E-state index in [0.29, 0.717) is 15.6 Å². The molecule has 1 amide bonds. The quantitative estimate of drug-likeness (QED) is 0.781. The molecule has 1 aromatic heterocycles. The van der Waals surface area contributed by atoms with E-state index in [0.717, 1.165) is 5.56 Å². The Morgan fingerprint density at radius 1 is 1.24 bits per heavy atom. The first-order valence-corrected chi connectivity index (χ1v) is 8.40. The summed E-state index contributed by atoms with van der Waals surface area (Å²) < 4.78 is 5.20. The molecule has 2 aromatic rings. The van der Waals surface area contributed by atoms with Gasteiger partial charge in [-0.2, -0.15) is 0 Å². The second-order valence-electron chi connectivity index (χ2n) is 6.45. The number of rotatable bonds is 6. The lowest BCUT2D eigenvalue weighted by Gasteiger charge is -2.27. The Labute approximate surface area is 155 Å². The van der Waals surface area contributed by atoms with E-state index in [9.17, 15) is 9.59 Å². The summed E-state index contributed by atoms with van der Waals surface area (Å²) in [4.78, 5) is 23.5. The molecule has 2 N–H and O–H groups in total. The second-order valence-corrected chi connectivity index (χ2v) is 7.27. The minimum Gasteiger partial charge on any atom is -0.481 e. The molecule has 25 heavy (non-hydrogen) atoms. The topological polar surface area (TPSA) is 79.5 Å². The van der Waals surface area contributed by atoms with Gasteiger partial charge >= 0.3 is 5.97 Å². The van der Waals surface area contributed by atoms with Crippen LogP contribution in [0, 0.1) is 6.92 Å². The number of carboxylic acid groups (broad SMARTS) is 1. The molecule has 0 fully saturated rings. The maximum absolute atomic E-state index is 12.5. The first-order valence-electron chi connectivity index (χ1n) is 7.65. The van der Waals surface area contributed by atoms with Crippen molar-refractivity contribution in [2.75, 3.05) is 6.54 Å². The van der Waals surface area contributed by atoms with E-state index in [1.165, 1.54) is 6.26 Å². The van der Waals surface area contributed by atoms with Crippen molar-refractivity contribution < 1.29 is 19.1 Å². The van der Waals surface area contributed by atoms with Crippen LogP contribution in [0.3, 0.4) is 0 Å². The van der Waals surface area contributed by atoms with Crippen molar-refractivity contribution in [2.45, 2.75) is 32.6 Å². The molecule has 0 aliphatic heterocycles. The largest absolute Gasteiger partial charge is 0.481 e. The maximum Gasteiger partial charge on any atom is 0.311 e. The number of hydrogen-bond acceptors (Lipinski definition) is 3. The van der Waals surface area contributed by atoms with Crippen molar-refractivity contribution in [1.29, 1.82) is 0 Å². The number of furan rings is 1. The van der Waals surface area contributed by atoms with Crippen LogP contribution >= 0.6 is 23.2 Å². The van der Waals surface area contributed by atoms with Gasteiger partial charge in [0.1, 0.15) is 12.2 Å². The number of aliphatic carboxylic acids is 1. The smallest absolute Gasteiger partial charge is 0.311 e. The summed E-state index contributed by atoms with van der Waals surface area (Å²) in [6.45, 7) is 5.80. The predicted molar refractivity (Wildman–Crippen MR) is 96.6 cm³/mol. The fourth-order valence-electron chi connectivity index (χ4n) is 2.69. The average molecular weight is 384 g/mol. The minimum atomic E-state index is -1.06. The number of carbonyl (C=O) groups excluding carboxylic acids is 1. The van der Waals surface area contributed by atoms with Gasteiger partial charge in [0.05, 0.1) is 11.8 Å². The number of amides is 1. The molecule has 134 valence electrons. The average Bonchev–Trinajstić information content (AvgIpc) is 2.84. The molecule has 0 radical (unpaired) electrons. The number of aryl methyl sites for hydroxylation is 1. The third kappa shape index (κ3) is 4.35. The van der Waals surface area contributed by atoms with Gasteiger partial charge in [-0.15, -0.1) is 0 Å². The third-order valence-corrected chi connectivity index (χ3v) is 4.55. The second kappa shape index (κ2) is 7.50. The summed E-state index contributed by atoms with van der Waals surface area (Å²) in [7, 11) is 0. The van der Waals surface area contributed by atoms with Crippen LogP contribution in [0.25, 0.3) is 0 Å². The molecule has 0 unspecified atom stereocenters. The zero-order chi connectivity index (χ0) is 18.8. The third-order valence-electron chi connectivity index (χ3n) is 3.92. The number of benzene rings is 1. The number of carboxylic acids is 1. The molecule has 0 saturated carbocycles. The van der Waals surface area contributed by atoms with Gasteiger partial charge in [0, 0.05) is 27.6 Å². The molecular weight excluding hydrogens is 365 g/mol. The van der Waals surface area contributed by atoms with Crippen LogP contribution in [0.15, 0.2) is 28.9 Å². The van der Waals surface area contributed by atoms with Crippen molar-refractivity contribution in [3.63, 3.8) is 0 Å². The summed E-state index contributed by atoms with van der Waals surface area (Å²) >= 11 is 12.5. The lowest BCUT2D eigenvalue weighted by atomic mass is 9.84. The van der Waals surface area contributed by atoms with Crippen LogP contribution in [0.4, 0.5) is 0 Å². The highest BCUT2D eigenvalue weighted by Crippen LogP contribution is 2.35. The highest BCUT2D eigenvalue weighted by atomic mass is 35.5. The number of hydrogen-bond donors (Lipinski definition) is 2. The Kier molecular flexibility index (Phi) is 5.80. The van der Waals surface area contributed by atoms with E-state index in [1.54, 1.807) is 25.1 Å². The van der Waals surface area contributed by atoms with Crippen LogP contribution in [0.5, 0.6) is 0 Å². The molecule has 0 spiro atoms. The molecule has 0 aliphatic rings. The van der Waals surface area contributed by atoms with Gasteiger partial charge in [-0.25, -0.2) is 0 Å². The van der Waals surface area contributed by atoms with Crippen LogP contribution in [-0.2, 0) is 16.6 Å². The molecular formula is C18H19Cl2NO4. The highest BCUT2D eigenvalue weighted by molar-refractivity contribution is 6.36. The number of carbonyl (C=O) groups is 2. The van der Waals surface area contributed by atoms with Gasteiger partial charge in [-0.1, -0.05) is 43.1 Å². The van der Waals surface area contributed by atoms with Crippen LogP contribution < -0.4 is 5.32 Å². The monoisotopic (exact) mass is 383 g/mol. The molecule has 0 aliphatic carbocycles. The predicted octanol–water partition coefficient (Wildman–Crippen LogP) is 4.23. The van der Waals surface area contributed by atoms with E-state index in [4.69, 9.17) is 32.7 Å².